The SMILES string of the molecule is Cc1csc(NC(=O)CNC(=O)c2cccc([N+](=O)[O-])c2)n1. The number of carbonyl (C=O) groups excluding carboxylic acids is 2. The minimum Gasteiger partial charge on any atom is -0.343 e. The standard InChI is InChI=1S/C13H12N4O4S/c1-8-7-22-13(15-8)16-11(18)6-14-12(19)9-3-2-4-10(5-9)17(20)21/h2-5,7H,6H2,1H3,(H,14,19)(H,15,16,18). The largest absolute Gasteiger partial charge is 0.343 e. The Morgan fingerprint density at radius 2 is 2.18 bits per heavy atom. The smallest absolute Gasteiger partial charge is 0.270 e. The van der Waals surface area contributed by atoms with Crippen LogP contribution in [0.15, 0.2) is 29.6 Å². The molecule has 1 aromatic heterocycles. The molecule has 0 saturated heterocycles. The maximum atomic E-state index is 11.9. The quantitative estimate of drug-likeness (QED) is 0.643. The third-order valence-corrected chi connectivity index (χ3v) is 3.47. The number of rotatable bonds is 5. The fourth-order valence-corrected chi connectivity index (χ4v) is 2.30. The topological polar surface area (TPSA) is 114 Å². The summed E-state index contributed by atoms with van der Waals surface area (Å²) >= 11 is 1.28. The predicted octanol–water partition coefficient (Wildman–Crippen LogP) is 1.73. The molecule has 0 aliphatic rings. The Hall–Kier alpha value is -2.81. The number of non-ortho nitro benzene ring substituents is 1. The van der Waals surface area contributed by atoms with Crippen LogP contribution in [0.25, 0.3) is 0 Å². The molecule has 2 N–H and O–H groups in total. The van der Waals surface area contributed by atoms with Gasteiger partial charge in [0.25, 0.3) is 11.6 Å². The van der Waals surface area contributed by atoms with Crippen LogP contribution in [0.3, 0.4) is 0 Å². The summed E-state index contributed by atoms with van der Waals surface area (Å²) in [6.07, 6.45) is 0. The number of nitro benzene ring substituents is 1. The van der Waals surface area contributed by atoms with Crippen molar-refractivity contribution in [1.29, 1.82) is 0 Å². The molecule has 9 heteroatoms. The Kier molecular flexibility index (Phi) is 4.79. The lowest BCUT2D eigenvalue weighted by Gasteiger charge is -2.05. The minimum absolute atomic E-state index is 0.118. The van der Waals surface area contributed by atoms with Gasteiger partial charge in [0, 0.05) is 23.1 Å². The summed E-state index contributed by atoms with van der Waals surface area (Å²) in [6, 6.07) is 5.28. The molecule has 0 aliphatic heterocycles. The van der Waals surface area contributed by atoms with Crippen molar-refractivity contribution in [2.24, 2.45) is 0 Å². The van der Waals surface area contributed by atoms with Crippen molar-refractivity contribution in [3.05, 3.63) is 51.0 Å². The molecule has 0 unspecified atom stereocenters. The maximum absolute atomic E-state index is 11.9. The molecule has 0 saturated carbocycles. The number of thiazole rings is 1. The Bertz CT molecular complexity index is 728. The fourth-order valence-electron chi connectivity index (χ4n) is 1.60. The van der Waals surface area contributed by atoms with Crippen molar-refractivity contribution in [3.8, 4) is 0 Å². The number of aryl methyl sites for hydroxylation is 1. The lowest BCUT2D eigenvalue weighted by atomic mass is 10.2. The molecule has 2 amide bonds. The highest BCUT2D eigenvalue weighted by Gasteiger charge is 2.13. The zero-order valence-corrected chi connectivity index (χ0v) is 12.3. The van der Waals surface area contributed by atoms with Gasteiger partial charge in [0.15, 0.2) is 5.13 Å². The van der Waals surface area contributed by atoms with E-state index in [4.69, 9.17) is 0 Å². The molecule has 1 aromatic carbocycles. The average Bonchev–Trinajstić information content (AvgIpc) is 2.90. The average molecular weight is 320 g/mol. The molecule has 0 atom stereocenters. The second-order valence-electron chi connectivity index (χ2n) is 4.33. The van der Waals surface area contributed by atoms with Gasteiger partial charge in [-0.1, -0.05) is 6.07 Å². The summed E-state index contributed by atoms with van der Waals surface area (Å²) < 4.78 is 0. The van der Waals surface area contributed by atoms with E-state index in [-0.39, 0.29) is 17.8 Å². The molecule has 2 aromatic rings. The number of amides is 2. The predicted molar refractivity (Wildman–Crippen MR) is 80.9 cm³/mol. The van der Waals surface area contributed by atoms with Gasteiger partial charge in [-0.15, -0.1) is 11.3 Å². The van der Waals surface area contributed by atoms with Gasteiger partial charge >= 0.3 is 0 Å². The summed E-state index contributed by atoms with van der Waals surface area (Å²) in [5.41, 5.74) is 0.725. The van der Waals surface area contributed by atoms with E-state index in [9.17, 15) is 19.7 Å². The third kappa shape index (κ3) is 4.09. The van der Waals surface area contributed by atoms with E-state index in [0.29, 0.717) is 5.13 Å². The number of nitrogens with one attached hydrogen (secondary N) is 2. The van der Waals surface area contributed by atoms with Gasteiger partial charge in [0.1, 0.15) is 0 Å². The minimum atomic E-state index is -0.589. The van der Waals surface area contributed by atoms with Gasteiger partial charge in [-0.25, -0.2) is 4.98 Å². The first-order valence-corrected chi connectivity index (χ1v) is 7.08. The Balaban J connectivity index is 1.90. The Labute approximate surface area is 129 Å². The van der Waals surface area contributed by atoms with Gasteiger partial charge in [0.05, 0.1) is 17.2 Å². The zero-order valence-electron chi connectivity index (χ0n) is 11.5. The second-order valence-corrected chi connectivity index (χ2v) is 5.19. The highest BCUT2D eigenvalue weighted by molar-refractivity contribution is 7.13. The first-order valence-electron chi connectivity index (χ1n) is 6.20. The van der Waals surface area contributed by atoms with Crippen LogP contribution in [-0.2, 0) is 4.79 Å². The Morgan fingerprint density at radius 3 is 2.82 bits per heavy atom. The van der Waals surface area contributed by atoms with Crippen molar-refractivity contribution in [1.82, 2.24) is 10.3 Å². The van der Waals surface area contributed by atoms with Gasteiger partial charge in [-0.05, 0) is 13.0 Å². The highest BCUT2D eigenvalue weighted by atomic mass is 32.1. The van der Waals surface area contributed by atoms with Crippen molar-refractivity contribution < 1.29 is 14.5 Å². The molecular formula is C13H12N4O4S. The molecular weight excluding hydrogens is 308 g/mol. The molecule has 0 spiro atoms. The Morgan fingerprint density at radius 1 is 1.41 bits per heavy atom. The van der Waals surface area contributed by atoms with Crippen LogP contribution in [-0.4, -0.2) is 28.3 Å². The second kappa shape index (κ2) is 6.76. The lowest BCUT2D eigenvalue weighted by molar-refractivity contribution is -0.384. The number of nitrogens with zero attached hydrogens (tertiary/aromatic N) is 2. The molecule has 0 aliphatic carbocycles. The zero-order chi connectivity index (χ0) is 16.1. The van der Waals surface area contributed by atoms with Crippen molar-refractivity contribution in [3.63, 3.8) is 0 Å². The molecule has 1 heterocycles. The van der Waals surface area contributed by atoms with Gasteiger partial charge in [0.2, 0.25) is 5.91 Å². The van der Waals surface area contributed by atoms with Crippen LogP contribution < -0.4 is 10.6 Å². The number of aromatic nitrogens is 1. The number of hydrogen-bond acceptors (Lipinski definition) is 6. The molecule has 0 bridgehead atoms. The highest BCUT2D eigenvalue weighted by Crippen LogP contribution is 2.14. The van der Waals surface area contributed by atoms with E-state index in [0.717, 1.165) is 11.8 Å². The normalized spacial score (nSPS) is 10.0. The van der Waals surface area contributed by atoms with Crippen LogP contribution in [0.2, 0.25) is 0 Å². The maximum Gasteiger partial charge on any atom is 0.270 e. The van der Waals surface area contributed by atoms with Crippen LogP contribution in [0, 0.1) is 17.0 Å². The van der Waals surface area contributed by atoms with Gasteiger partial charge in [-0.3, -0.25) is 19.7 Å². The van der Waals surface area contributed by atoms with E-state index in [2.05, 4.69) is 15.6 Å². The number of benzene rings is 1. The van der Waals surface area contributed by atoms with E-state index in [1.165, 1.54) is 29.5 Å². The lowest BCUT2D eigenvalue weighted by Crippen LogP contribution is -2.32. The number of anilines is 1. The van der Waals surface area contributed by atoms with E-state index >= 15 is 0 Å². The summed E-state index contributed by atoms with van der Waals surface area (Å²) in [4.78, 5) is 37.6. The van der Waals surface area contributed by atoms with Crippen LogP contribution in [0.4, 0.5) is 10.8 Å². The first kappa shape index (κ1) is 15.6. The fraction of sp³-hybridized carbons (Fsp3) is 0.154. The molecule has 0 fully saturated rings. The van der Waals surface area contributed by atoms with Crippen LogP contribution in [0.5, 0.6) is 0 Å². The first-order chi connectivity index (χ1) is 10.5. The van der Waals surface area contributed by atoms with Crippen LogP contribution in [0.1, 0.15) is 16.1 Å². The van der Waals surface area contributed by atoms with Crippen molar-refractivity contribution in [2.45, 2.75) is 6.92 Å². The number of hydrogen-bond donors (Lipinski definition) is 2. The monoisotopic (exact) mass is 320 g/mol. The van der Waals surface area contributed by atoms with Gasteiger partial charge < -0.3 is 10.6 Å². The molecule has 114 valence electrons. The molecule has 2 rings (SSSR count). The molecule has 8 nitrogen and oxygen atoms in total. The van der Waals surface area contributed by atoms with E-state index < -0.39 is 16.7 Å². The molecule has 0 radical (unpaired) electrons. The van der Waals surface area contributed by atoms with Crippen LogP contribution >= 0.6 is 11.3 Å². The third-order valence-electron chi connectivity index (χ3n) is 2.59. The van der Waals surface area contributed by atoms with Gasteiger partial charge in [-0.2, -0.15) is 0 Å². The van der Waals surface area contributed by atoms with Crippen molar-refractivity contribution in [2.75, 3.05) is 11.9 Å². The summed E-state index contributed by atoms with van der Waals surface area (Å²) in [5, 5.41) is 17.8. The summed E-state index contributed by atoms with van der Waals surface area (Å²) in [5.74, 6) is -0.984. The van der Waals surface area contributed by atoms with Crippen molar-refractivity contribution >= 4 is 34.0 Å². The van der Waals surface area contributed by atoms with E-state index in [1.54, 1.807) is 12.3 Å². The number of carbonyl (C=O) groups is 2. The van der Waals surface area contributed by atoms with E-state index in [1.807, 2.05) is 0 Å². The summed E-state index contributed by atoms with van der Waals surface area (Å²) in [6.45, 7) is 1.55. The summed E-state index contributed by atoms with van der Waals surface area (Å²) in [7, 11) is 0. The number of nitro groups is 1. The molecule has 22 heavy (non-hydrogen) atoms.